The molecule has 1 fully saturated rings. The van der Waals surface area contributed by atoms with Crippen LogP contribution >= 0.6 is 0 Å². The SMILES string of the molecule is CC(=O)c1ccc(NC(=O)CCN2CC(CO)CCC2C)cc1. The number of nitrogens with one attached hydrogen (secondary N) is 1. The molecule has 23 heavy (non-hydrogen) atoms. The van der Waals surface area contributed by atoms with E-state index in [1.807, 2.05) is 0 Å². The Balaban J connectivity index is 1.81. The number of benzene rings is 1. The van der Waals surface area contributed by atoms with Crippen LogP contribution in [-0.4, -0.2) is 47.4 Å². The molecule has 1 aromatic carbocycles. The quantitative estimate of drug-likeness (QED) is 0.790. The van der Waals surface area contributed by atoms with Crippen molar-refractivity contribution in [2.45, 2.75) is 39.2 Å². The minimum atomic E-state index is -0.0288. The fraction of sp³-hybridized carbons (Fsp3) is 0.556. The lowest BCUT2D eigenvalue weighted by atomic mass is 9.94. The first-order chi connectivity index (χ1) is 11.0. The lowest BCUT2D eigenvalue weighted by Gasteiger charge is -2.37. The highest BCUT2D eigenvalue weighted by molar-refractivity contribution is 5.95. The number of Topliss-reactive ketones (excluding diaryl/α,β-unsaturated/α-hetero) is 1. The molecule has 126 valence electrons. The van der Waals surface area contributed by atoms with Gasteiger partial charge in [-0.1, -0.05) is 0 Å². The summed E-state index contributed by atoms with van der Waals surface area (Å²) in [6, 6.07) is 7.40. The monoisotopic (exact) mass is 318 g/mol. The van der Waals surface area contributed by atoms with Crippen LogP contribution in [0.25, 0.3) is 0 Å². The molecule has 2 rings (SSSR count). The second-order valence-corrected chi connectivity index (χ2v) is 6.40. The number of amides is 1. The molecule has 2 unspecified atom stereocenters. The van der Waals surface area contributed by atoms with Crippen molar-refractivity contribution in [3.8, 4) is 0 Å². The third kappa shape index (κ3) is 5.15. The average Bonchev–Trinajstić information content (AvgIpc) is 2.54. The third-order valence-electron chi connectivity index (χ3n) is 4.57. The predicted octanol–water partition coefficient (Wildman–Crippen LogP) is 2.31. The summed E-state index contributed by atoms with van der Waals surface area (Å²) < 4.78 is 0. The maximum Gasteiger partial charge on any atom is 0.225 e. The van der Waals surface area contributed by atoms with Crippen LogP contribution in [0, 0.1) is 5.92 Å². The molecule has 1 amide bonds. The molecule has 0 saturated carbocycles. The first kappa shape index (κ1) is 17.6. The fourth-order valence-corrected chi connectivity index (χ4v) is 2.98. The Morgan fingerprint density at radius 2 is 1.96 bits per heavy atom. The van der Waals surface area contributed by atoms with Crippen LogP contribution in [-0.2, 0) is 4.79 Å². The number of aliphatic hydroxyl groups is 1. The normalized spacial score (nSPS) is 21.9. The number of hydrogen-bond donors (Lipinski definition) is 2. The maximum absolute atomic E-state index is 12.1. The van der Waals surface area contributed by atoms with E-state index in [2.05, 4.69) is 17.1 Å². The van der Waals surface area contributed by atoms with Gasteiger partial charge in [0.15, 0.2) is 5.78 Å². The number of piperidine rings is 1. The lowest BCUT2D eigenvalue weighted by Crippen LogP contribution is -2.43. The zero-order valence-electron chi connectivity index (χ0n) is 13.9. The van der Waals surface area contributed by atoms with Crippen molar-refractivity contribution in [2.24, 2.45) is 5.92 Å². The molecule has 1 saturated heterocycles. The Kier molecular flexibility index (Phi) is 6.30. The molecule has 2 N–H and O–H groups in total. The van der Waals surface area contributed by atoms with Gasteiger partial charge in [0.05, 0.1) is 0 Å². The van der Waals surface area contributed by atoms with Crippen LogP contribution in [0.5, 0.6) is 0 Å². The fourth-order valence-electron chi connectivity index (χ4n) is 2.98. The molecular formula is C18H26N2O3. The predicted molar refractivity (Wildman–Crippen MR) is 90.5 cm³/mol. The number of nitrogens with zero attached hydrogens (tertiary/aromatic N) is 1. The Labute approximate surface area is 137 Å². The van der Waals surface area contributed by atoms with Crippen molar-refractivity contribution in [3.63, 3.8) is 0 Å². The smallest absolute Gasteiger partial charge is 0.225 e. The van der Waals surface area contributed by atoms with Gasteiger partial charge >= 0.3 is 0 Å². The molecule has 0 aromatic heterocycles. The summed E-state index contributed by atoms with van der Waals surface area (Å²) in [4.78, 5) is 25.6. The molecule has 1 aromatic rings. The molecule has 0 radical (unpaired) electrons. The van der Waals surface area contributed by atoms with Crippen molar-refractivity contribution in [2.75, 3.05) is 25.0 Å². The van der Waals surface area contributed by atoms with E-state index in [0.29, 0.717) is 36.2 Å². The number of carbonyl (C=O) groups is 2. The highest BCUT2D eigenvalue weighted by Crippen LogP contribution is 2.21. The number of hydrogen-bond acceptors (Lipinski definition) is 4. The van der Waals surface area contributed by atoms with Gasteiger partial charge < -0.3 is 10.4 Å². The number of ketones is 1. The van der Waals surface area contributed by atoms with Crippen LogP contribution in [0.3, 0.4) is 0 Å². The summed E-state index contributed by atoms with van der Waals surface area (Å²) in [5.74, 6) is 0.313. The molecule has 5 heteroatoms. The van der Waals surface area contributed by atoms with Gasteiger partial charge in [-0.05, 0) is 56.9 Å². The first-order valence-corrected chi connectivity index (χ1v) is 8.25. The van der Waals surface area contributed by atoms with Crippen molar-refractivity contribution < 1.29 is 14.7 Å². The van der Waals surface area contributed by atoms with E-state index in [4.69, 9.17) is 0 Å². The number of aliphatic hydroxyl groups excluding tert-OH is 1. The Hall–Kier alpha value is -1.72. The summed E-state index contributed by atoms with van der Waals surface area (Å²) in [6.45, 7) is 5.48. The van der Waals surface area contributed by atoms with Gasteiger partial charge in [0.25, 0.3) is 0 Å². The van der Waals surface area contributed by atoms with E-state index in [1.54, 1.807) is 24.3 Å². The highest BCUT2D eigenvalue weighted by Gasteiger charge is 2.25. The minimum Gasteiger partial charge on any atom is -0.396 e. The van der Waals surface area contributed by atoms with Gasteiger partial charge in [0, 0.05) is 43.4 Å². The standard InChI is InChI=1S/C18H26N2O3/c1-13-3-4-15(12-21)11-20(13)10-9-18(23)19-17-7-5-16(6-8-17)14(2)22/h5-8,13,15,21H,3-4,9-12H2,1-2H3,(H,19,23). The first-order valence-electron chi connectivity index (χ1n) is 8.25. The van der Waals surface area contributed by atoms with Gasteiger partial charge in [0.1, 0.15) is 0 Å². The summed E-state index contributed by atoms with van der Waals surface area (Å²) in [5, 5.41) is 12.2. The minimum absolute atomic E-state index is 0.0143. The van der Waals surface area contributed by atoms with Crippen molar-refractivity contribution in [3.05, 3.63) is 29.8 Å². The van der Waals surface area contributed by atoms with Gasteiger partial charge in [-0.25, -0.2) is 0 Å². The van der Waals surface area contributed by atoms with E-state index >= 15 is 0 Å². The molecule has 5 nitrogen and oxygen atoms in total. The van der Waals surface area contributed by atoms with Crippen LogP contribution in [0.2, 0.25) is 0 Å². The molecule has 2 atom stereocenters. The Morgan fingerprint density at radius 3 is 2.57 bits per heavy atom. The van der Waals surface area contributed by atoms with Crippen LogP contribution < -0.4 is 5.32 Å². The number of rotatable bonds is 6. The Bertz CT molecular complexity index is 542. The molecule has 0 aliphatic carbocycles. The van der Waals surface area contributed by atoms with Crippen LogP contribution in [0.15, 0.2) is 24.3 Å². The Morgan fingerprint density at radius 1 is 1.26 bits per heavy atom. The zero-order chi connectivity index (χ0) is 16.8. The number of carbonyl (C=O) groups excluding carboxylic acids is 2. The summed E-state index contributed by atoms with van der Waals surface area (Å²) >= 11 is 0. The van der Waals surface area contributed by atoms with Crippen LogP contribution in [0.1, 0.15) is 43.5 Å². The van der Waals surface area contributed by atoms with E-state index < -0.39 is 0 Å². The molecule has 0 spiro atoms. The summed E-state index contributed by atoms with van der Waals surface area (Å²) in [6.07, 6.45) is 2.55. The van der Waals surface area contributed by atoms with Crippen molar-refractivity contribution in [1.29, 1.82) is 0 Å². The second kappa shape index (κ2) is 8.22. The maximum atomic E-state index is 12.1. The van der Waals surface area contributed by atoms with Crippen molar-refractivity contribution >= 4 is 17.4 Å². The van der Waals surface area contributed by atoms with Gasteiger partial charge in [-0.15, -0.1) is 0 Å². The van der Waals surface area contributed by atoms with Crippen LogP contribution in [0.4, 0.5) is 5.69 Å². The molecular weight excluding hydrogens is 292 g/mol. The zero-order valence-corrected chi connectivity index (χ0v) is 13.9. The molecule has 1 aliphatic heterocycles. The van der Waals surface area contributed by atoms with Gasteiger partial charge in [-0.3, -0.25) is 14.5 Å². The summed E-state index contributed by atoms with van der Waals surface area (Å²) in [5.41, 5.74) is 1.35. The molecule has 1 heterocycles. The van der Waals surface area contributed by atoms with Gasteiger partial charge in [-0.2, -0.15) is 0 Å². The number of likely N-dealkylation sites (tertiary alicyclic amines) is 1. The average molecular weight is 318 g/mol. The molecule has 1 aliphatic rings. The van der Waals surface area contributed by atoms with E-state index in [0.717, 1.165) is 19.4 Å². The lowest BCUT2D eigenvalue weighted by molar-refractivity contribution is -0.116. The third-order valence-corrected chi connectivity index (χ3v) is 4.57. The van der Waals surface area contributed by atoms with E-state index in [-0.39, 0.29) is 18.3 Å². The van der Waals surface area contributed by atoms with Gasteiger partial charge in [0.2, 0.25) is 5.91 Å². The van der Waals surface area contributed by atoms with E-state index in [1.165, 1.54) is 6.92 Å². The topological polar surface area (TPSA) is 69.6 Å². The van der Waals surface area contributed by atoms with E-state index in [9.17, 15) is 14.7 Å². The summed E-state index contributed by atoms with van der Waals surface area (Å²) in [7, 11) is 0. The highest BCUT2D eigenvalue weighted by atomic mass is 16.3. The largest absolute Gasteiger partial charge is 0.396 e. The number of anilines is 1. The molecule has 0 bridgehead atoms. The van der Waals surface area contributed by atoms with Crippen molar-refractivity contribution in [1.82, 2.24) is 4.90 Å². The second-order valence-electron chi connectivity index (χ2n) is 6.40.